The van der Waals surface area contributed by atoms with Crippen molar-refractivity contribution in [3.8, 4) is 0 Å². The highest BCUT2D eigenvalue weighted by Crippen LogP contribution is 2.09. The minimum absolute atomic E-state index is 0.225. The van der Waals surface area contributed by atoms with E-state index in [0.717, 1.165) is 5.69 Å². The van der Waals surface area contributed by atoms with Crippen molar-refractivity contribution in [1.82, 2.24) is 0 Å². The first kappa shape index (κ1) is 11.5. The topological polar surface area (TPSA) is 50.4 Å². The lowest BCUT2D eigenvalue weighted by molar-refractivity contribution is 0.583. The van der Waals surface area contributed by atoms with Crippen LogP contribution in [0.15, 0.2) is 29.3 Å². The van der Waals surface area contributed by atoms with E-state index in [1.807, 2.05) is 20.8 Å². The van der Waals surface area contributed by atoms with E-state index in [0.29, 0.717) is 5.96 Å². The number of guanidine groups is 1. The maximum Gasteiger partial charge on any atom is 0.193 e. The van der Waals surface area contributed by atoms with Gasteiger partial charge in [0.05, 0.1) is 5.54 Å². The van der Waals surface area contributed by atoms with Gasteiger partial charge < -0.3 is 11.1 Å². The highest BCUT2D eigenvalue weighted by atomic mass is 19.1. The van der Waals surface area contributed by atoms with E-state index in [1.54, 1.807) is 12.1 Å². The number of hydrogen-bond donors (Lipinski definition) is 2. The van der Waals surface area contributed by atoms with E-state index in [4.69, 9.17) is 5.73 Å². The second-order valence-corrected chi connectivity index (χ2v) is 4.30. The third kappa shape index (κ3) is 4.44. The van der Waals surface area contributed by atoms with Gasteiger partial charge in [0.1, 0.15) is 5.82 Å². The van der Waals surface area contributed by atoms with Crippen LogP contribution in [0.2, 0.25) is 0 Å². The van der Waals surface area contributed by atoms with Crippen molar-refractivity contribution in [3.63, 3.8) is 0 Å². The first-order valence-corrected chi connectivity index (χ1v) is 4.75. The van der Waals surface area contributed by atoms with Crippen LogP contribution >= 0.6 is 0 Å². The molecule has 0 saturated heterocycles. The first-order chi connectivity index (χ1) is 6.87. The molecule has 0 radical (unpaired) electrons. The molecule has 0 heterocycles. The zero-order chi connectivity index (χ0) is 11.5. The molecule has 0 aliphatic carbocycles. The van der Waals surface area contributed by atoms with E-state index in [9.17, 15) is 4.39 Å². The number of hydrogen-bond acceptors (Lipinski definition) is 1. The molecule has 1 aromatic carbocycles. The van der Waals surface area contributed by atoms with Crippen molar-refractivity contribution < 1.29 is 4.39 Å². The Morgan fingerprint density at radius 2 is 1.80 bits per heavy atom. The van der Waals surface area contributed by atoms with E-state index in [2.05, 4.69) is 10.3 Å². The lowest BCUT2D eigenvalue weighted by Gasteiger charge is -2.14. The summed E-state index contributed by atoms with van der Waals surface area (Å²) in [5.74, 6) is 0.0565. The molecular formula is C11H16FN3. The predicted octanol–water partition coefficient (Wildman–Crippen LogP) is 2.35. The van der Waals surface area contributed by atoms with Crippen molar-refractivity contribution >= 4 is 11.6 Å². The third-order valence-electron chi connectivity index (χ3n) is 1.57. The van der Waals surface area contributed by atoms with Crippen LogP contribution in [0.3, 0.4) is 0 Å². The Balaban J connectivity index is 2.70. The van der Waals surface area contributed by atoms with E-state index in [-0.39, 0.29) is 11.4 Å². The molecule has 0 fully saturated rings. The molecular weight excluding hydrogens is 193 g/mol. The van der Waals surface area contributed by atoms with Crippen molar-refractivity contribution in [2.24, 2.45) is 10.7 Å². The zero-order valence-corrected chi connectivity index (χ0v) is 9.21. The maximum absolute atomic E-state index is 12.6. The monoisotopic (exact) mass is 209 g/mol. The van der Waals surface area contributed by atoms with Crippen LogP contribution in [0.5, 0.6) is 0 Å². The van der Waals surface area contributed by atoms with Gasteiger partial charge in [-0.15, -0.1) is 0 Å². The molecule has 0 saturated carbocycles. The molecule has 82 valence electrons. The fourth-order valence-electron chi connectivity index (χ4n) is 1.07. The van der Waals surface area contributed by atoms with Crippen LogP contribution in [0.1, 0.15) is 20.8 Å². The molecule has 0 aliphatic heterocycles. The van der Waals surface area contributed by atoms with E-state index >= 15 is 0 Å². The van der Waals surface area contributed by atoms with Gasteiger partial charge in [0, 0.05) is 5.69 Å². The number of anilines is 1. The number of benzene rings is 1. The van der Waals surface area contributed by atoms with Crippen LogP contribution < -0.4 is 11.1 Å². The molecule has 0 unspecified atom stereocenters. The van der Waals surface area contributed by atoms with Crippen molar-refractivity contribution in [1.29, 1.82) is 0 Å². The second-order valence-electron chi connectivity index (χ2n) is 4.30. The summed E-state index contributed by atoms with van der Waals surface area (Å²) < 4.78 is 12.6. The number of nitrogens with two attached hydrogens (primary N) is 1. The molecule has 1 aromatic rings. The molecule has 0 atom stereocenters. The van der Waals surface area contributed by atoms with Gasteiger partial charge in [-0.2, -0.15) is 0 Å². The van der Waals surface area contributed by atoms with Crippen LogP contribution in [0, 0.1) is 5.82 Å². The number of nitrogens with one attached hydrogen (secondary N) is 1. The van der Waals surface area contributed by atoms with Gasteiger partial charge in [-0.1, -0.05) is 0 Å². The number of rotatable bonds is 1. The molecule has 3 nitrogen and oxygen atoms in total. The molecule has 0 bridgehead atoms. The predicted molar refractivity (Wildman–Crippen MR) is 61.4 cm³/mol. The summed E-state index contributed by atoms with van der Waals surface area (Å²) in [5, 5.41) is 2.89. The lowest BCUT2D eigenvalue weighted by atomic mass is 10.1. The van der Waals surface area contributed by atoms with Gasteiger partial charge in [0.15, 0.2) is 5.96 Å². The zero-order valence-electron chi connectivity index (χ0n) is 9.21. The van der Waals surface area contributed by atoms with Crippen LogP contribution in [0.4, 0.5) is 10.1 Å². The summed E-state index contributed by atoms with van der Waals surface area (Å²) in [4.78, 5) is 4.22. The third-order valence-corrected chi connectivity index (χ3v) is 1.57. The lowest BCUT2D eigenvalue weighted by Crippen LogP contribution is -2.27. The van der Waals surface area contributed by atoms with E-state index < -0.39 is 0 Å². The number of nitrogens with zero attached hydrogens (tertiary/aromatic N) is 1. The number of aliphatic imine (C=N–C) groups is 1. The van der Waals surface area contributed by atoms with Gasteiger partial charge in [-0.05, 0) is 45.0 Å². The summed E-state index contributed by atoms with van der Waals surface area (Å²) in [6.45, 7) is 5.85. The van der Waals surface area contributed by atoms with Crippen molar-refractivity contribution in [2.75, 3.05) is 5.32 Å². The summed E-state index contributed by atoms with van der Waals surface area (Å²) in [6.07, 6.45) is 0. The average molecular weight is 209 g/mol. The minimum Gasteiger partial charge on any atom is -0.370 e. The SMILES string of the molecule is CC(C)(C)N=C(N)Nc1ccc(F)cc1. The molecule has 3 N–H and O–H groups in total. The van der Waals surface area contributed by atoms with Crippen LogP contribution in [-0.2, 0) is 0 Å². The molecule has 4 heteroatoms. The molecule has 0 aliphatic rings. The highest BCUT2D eigenvalue weighted by molar-refractivity contribution is 5.92. The Hall–Kier alpha value is -1.58. The average Bonchev–Trinajstić information content (AvgIpc) is 2.05. The van der Waals surface area contributed by atoms with Crippen molar-refractivity contribution in [2.45, 2.75) is 26.3 Å². The van der Waals surface area contributed by atoms with Crippen molar-refractivity contribution in [3.05, 3.63) is 30.1 Å². The quantitative estimate of drug-likeness (QED) is 0.551. The maximum atomic E-state index is 12.6. The van der Waals surface area contributed by atoms with Crippen LogP contribution in [-0.4, -0.2) is 11.5 Å². The van der Waals surface area contributed by atoms with Gasteiger partial charge in [0.2, 0.25) is 0 Å². The minimum atomic E-state index is -0.271. The summed E-state index contributed by atoms with van der Waals surface area (Å²) in [5.41, 5.74) is 6.17. The Morgan fingerprint density at radius 1 is 1.27 bits per heavy atom. The molecule has 15 heavy (non-hydrogen) atoms. The van der Waals surface area contributed by atoms with Gasteiger partial charge in [0.25, 0.3) is 0 Å². The summed E-state index contributed by atoms with van der Waals surface area (Å²) in [6, 6.07) is 5.96. The Bertz CT molecular complexity index is 349. The Kier molecular flexibility index (Phi) is 3.29. The molecule has 0 spiro atoms. The molecule has 0 aromatic heterocycles. The van der Waals surface area contributed by atoms with Gasteiger partial charge >= 0.3 is 0 Å². The fraction of sp³-hybridized carbons (Fsp3) is 0.364. The highest BCUT2D eigenvalue weighted by Gasteiger charge is 2.07. The largest absolute Gasteiger partial charge is 0.370 e. The number of halogens is 1. The molecule has 1 rings (SSSR count). The summed E-state index contributed by atoms with van der Waals surface area (Å²) >= 11 is 0. The Morgan fingerprint density at radius 3 is 2.27 bits per heavy atom. The fourth-order valence-corrected chi connectivity index (χ4v) is 1.07. The second kappa shape index (κ2) is 4.29. The van der Waals surface area contributed by atoms with Gasteiger partial charge in [-0.25, -0.2) is 9.38 Å². The normalized spacial score (nSPS) is 12.7. The standard InChI is InChI=1S/C11H16FN3/c1-11(2,3)15-10(13)14-9-6-4-8(12)5-7-9/h4-7H,1-3H3,(H3,13,14,15). The van der Waals surface area contributed by atoms with E-state index in [1.165, 1.54) is 12.1 Å². The molecule has 0 amide bonds. The smallest absolute Gasteiger partial charge is 0.193 e. The Labute approximate surface area is 89.2 Å². The van der Waals surface area contributed by atoms with Crippen LogP contribution in [0.25, 0.3) is 0 Å². The van der Waals surface area contributed by atoms with Gasteiger partial charge in [-0.3, -0.25) is 0 Å². The summed E-state index contributed by atoms with van der Waals surface area (Å²) in [7, 11) is 0. The first-order valence-electron chi connectivity index (χ1n) is 4.75.